The Morgan fingerprint density at radius 3 is 2.82 bits per heavy atom. The smallest absolute Gasteiger partial charge is 0.260 e. The van der Waals surface area contributed by atoms with Gasteiger partial charge in [-0.3, -0.25) is 9.48 Å². The van der Waals surface area contributed by atoms with Gasteiger partial charge in [0.15, 0.2) is 6.61 Å². The highest BCUT2D eigenvalue weighted by Crippen LogP contribution is 2.42. The lowest BCUT2D eigenvalue weighted by atomic mass is 10.0. The molecule has 4 rings (SSSR count). The fourth-order valence-electron chi connectivity index (χ4n) is 3.40. The Morgan fingerprint density at radius 2 is 2.12 bits per heavy atom. The molecule has 0 aliphatic heterocycles. The Labute approximate surface area is 196 Å². The molecule has 3 aromatic heterocycles. The largest absolute Gasteiger partial charge is 0.496 e. The van der Waals surface area contributed by atoms with Crippen molar-refractivity contribution in [3.8, 4) is 22.6 Å². The zero-order valence-corrected chi connectivity index (χ0v) is 20.1. The molecule has 1 amide bonds. The van der Waals surface area contributed by atoms with E-state index in [0.29, 0.717) is 24.0 Å². The van der Waals surface area contributed by atoms with Gasteiger partial charge in [0.25, 0.3) is 5.91 Å². The van der Waals surface area contributed by atoms with E-state index in [-0.39, 0.29) is 12.5 Å². The molecule has 0 saturated carbocycles. The first-order valence-corrected chi connectivity index (χ1v) is 11.3. The van der Waals surface area contributed by atoms with Crippen molar-refractivity contribution < 1.29 is 14.3 Å². The number of fused-ring (bicyclic) bond motifs is 1. The molecule has 10 heteroatoms. The zero-order chi connectivity index (χ0) is 23.5. The van der Waals surface area contributed by atoms with Gasteiger partial charge in [0.05, 0.1) is 35.4 Å². The quantitative estimate of drug-likeness (QED) is 0.419. The molecule has 0 aliphatic carbocycles. The Kier molecular flexibility index (Phi) is 6.45. The number of aryl methyl sites for hydroxylation is 2. The first kappa shape index (κ1) is 22.5. The highest BCUT2D eigenvalue weighted by Gasteiger charge is 2.19. The van der Waals surface area contributed by atoms with Crippen LogP contribution in [0.2, 0.25) is 0 Å². The van der Waals surface area contributed by atoms with Gasteiger partial charge in [-0.05, 0) is 26.0 Å². The number of carbonyl (C=O) groups excluding carboxylic acids is 1. The van der Waals surface area contributed by atoms with Crippen LogP contribution in [-0.2, 0) is 11.8 Å². The van der Waals surface area contributed by atoms with Gasteiger partial charge in [-0.1, -0.05) is 0 Å². The minimum Gasteiger partial charge on any atom is -0.496 e. The number of anilines is 2. The lowest BCUT2D eigenvalue weighted by Crippen LogP contribution is -2.31. The van der Waals surface area contributed by atoms with E-state index in [1.165, 1.54) is 0 Å². The Bertz CT molecular complexity index is 1300. The number of likely N-dealkylation sites (N-methyl/N-ethyl adjacent to an activating group) is 1. The summed E-state index contributed by atoms with van der Waals surface area (Å²) in [7, 11) is 5.22. The molecule has 0 spiro atoms. The molecule has 0 bridgehead atoms. The molecule has 0 fully saturated rings. The summed E-state index contributed by atoms with van der Waals surface area (Å²) in [6.45, 7) is 4.59. The number of amides is 1. The van der Waals surface area contributed by atoms with Crippen molar-refractivity contribution in [3.05, 3.63) is 41.7 Å². The number of hydrogen-bond donors (Lipinski definition) is 1. The summed E-state index contributed by atoms with van der Waals surface area (Å²) in [5.74, 6) is 1.63. The summed E-state index contributed by atoms with van der Waals surface area (Å²) >= 11 is 1.63. The predicted molar refractivity (Wildman–Crippen MR) is 129 cm³/mol. The van der Waals surface area contributed by atoms with E-state index < -0.39 is 0 Å². The zero-order valence-electron chi connectivity index (χ0n) is 19.2. The first-order valence-electron chi connectivity index (χ1n) is 10.5. The van der Waals surface area contributed by atoms with E-state index >= 15 is 0 Å². The van der Waals surface area contributed by atoms with Crippen molar-refractivity contribution in [2.75, 3.05) is 32.6 Å². The Hall–Kier alpha value is -3.66. The molecule has 0 saturated heterocycles. The second-order valence-electron chi connectivity index (χ2n) is 7.53. The molecule has 0 radical (unpaired) electrons. The molecular formula is C23H26N6O3S. The second-order valence-corrected chi connectivity index (χ2v) is 8.78. The van der Waals surface area contributed by atoms with Crippen LogP contribution in [0.15, 0.2) is 36.8 Å². The van der Waals surface area contributed by atoms with Crippen molar-refractivity contribution in [2.24, 2.45) is 7.05 Å². The third kappa shape index (κ3) is 4.75. The molecule has 0 unspecified atom stereocenters. The van der Waals surface area contributed by atoms with Gasteiger partial charge in [-0.15, -0.1) is 11.3 Å². The Morgan fingerprint density at radius 1 is 1.30 bits per heavy atom. The SMILES string of the molecule is CCN(C)C(=O)COc1ccc(-c2c(C)sc3cnc(Nc4cnn(C)c4)nc23)c(OC)c1. The van der Waals surface area contributed by atoms with Crippen LogP contribution in [0.5, 0.6) is 11.5 Å². The molecule has 0 aliphatic rings. The van der Waals surface area contributed by atoms with Crippen LogP contribution >= 0.6 is 11.3 Å². The number of carbonyl (C=O) groups is 1. The average Bonchev–Trinajstić information content (AvgIpc) is 3.37. The topological polar surface area (TPSA) is 94.4 Å². The third-order valence-corrected chi connectivity index (χ3v) is 6.30. The predicted octanol–water partition coefficient (Wildman–Crippen LogP) is 4.01. The van der Waals surface area contributed by atoms with Gasteiger partial charge in [0.1, 0.15) is 11.5 Å². The summed E-state index contributed by atoms with van der Waals surface area (Å²) in [5, 5.41) is 7.36. The number of benzene rings is 1. The van der Waals surface area contributed by atoms with Crippen molar-refractivity contribution in [3.63, 3.8) is 0 Å². The number of rotatable bonds is 8. The molecule has 9 nitrogen and oxygen atoms in total. The summed E-state index contributed by atoms with van der Waals surface area (Å²) in [6, 6.07) is 5.58. The fraction of sp³-hybridized carbons (Fsp3) is 0.304. The van der Waals surface area contributed by atoms with E-state index in [2.05, 4.69) is 22.3 Å². The highest BCUT2D eigenvalue weighted by atomic mass is 32.1. The van der Waals surface area contributed by atoms with Crippen molar-refractivity contribution in [1.82, 2.24) is 24.6 Å². The van der Waals surface area contributed by atoms with Crippen molar-refractivity contribution >= 4 is 39.1 Å². The van der Waals surface area contributed by atoms with E-state index in [0.717, 1.165) is 31.9 Å². The molecule has 33 heavy (non-hydrogen) atoms. The van der Waals surface area contributed by atoms with Crippen LogP contribution in [-0.4, -0.2) is 57.9 Å². The van der Waals surface area contributed by atoms with Gasteiger partial charge < -0.3 is 19.7 Å². The molecule has 4 aromatic rings. The average molecular weight is 467 g/mol. The number of ether oxygens (including phenoxy) is 2. The van der Waals surface area contributed by atoms with Crippen LogP contribution in [0.25, 0.3) is 21.3 Å². The molecule has 0 atom stereocenters. The minimum atomic E-state index is -0.0782. The Balaban J connectivity index is 1.66. The maximum absolute atomic E-state index is 12.1. The minimum absolute atomic E-state index is 0.0240. The second kappa shape index (κ2) is 9.45. The number of nitrogens with one attached hydrogen (secondary N) is 1. The third-order valence-electron chi connectivity index (χ3n) is 5.27. The number of hydrogen-bond acceptors (Lipinski definition) is 8. The van der Waals surface area contributed by atoms with Crippen molar-refractivity contribution in [1.29, 1.82) is 0 Å². The van der Waals surface area contributed by atoms with Crippen molar-refractivity contribution in [2.45, 2.75) is 13.8 Å². The fourth-order valence-corrected chi connectivity index (χ4v) is 4.39. The highest BCUT2D eigenvalue weighted by molar-refractivity contribution is 7.19. The number of methoxy groups -OCH3 is 1. The lowest BCUT2D eigenvalue weighted by Gasteiger charge is -2.16. The molecule has 172 valence electrons. The monoisotopic (exact) mass is 466 g/mol. The molecule has 1 N–H and O–H groups in total. The number of thiophene rings is 1. The van der Waals surface area contributed by atoms with E-state index in [9.17, 15) is 4.79 Å². The maximum atomic E-state index is 12.1. The van der Waals surface area contributed by atoms with Crippen LogP contribution < -0.4 is 14.8 Å². The lowest BCUT2D eigenvalue weighted by molar-refractivity contribution is -0.131. The summed E-state index contributed by atoms with van der Waals surface area (Å²) in [4.78, 5) is 24.0. The van der Waals surface area contributed by atoms with Gasteiger partial charge >= 0.3 is 0 Å². The van der Waals surface area contributed by atoms with E-state index in [1.807, 2.05) is 38.5 Å². The van der Waals surface area contributed by atoms with Crippen LogP contribution in [0.4, 0.5) is 11.6 Å². The van der Waals surface area contributed by atoms with E-state index in [4.69, 9.17) is 14.5 Å². The van der Waals surface area contributed by atoms with Gasteiger partial charge in [-0.2, -0.15) is 5.10 Å². The standard InChI is InChI=1S/C23H26N6O3S/c1-6-28(3)20(30)13-32-16-7-8-17(18(9-16)31-5)21-14(2)33-19-11-24-23(27-22(19)21)26-15-10-25-29(4)12-15/h7-12H,6,13H2,1-5H3,(H,24,26,27). The number of nitrogens with zero attached hydrogens (tertiary/aromatic N) is 5. The summed E-state index contributed by atoms with van der Waals surface area (Å²) < 4.78 is 14.1. The molecular weight excluding hydrogens is 440 g/mol. The normalized spacial score (nSPS) is 10.9. The molecule has 1 aromatic carbocycles. The van der Waals surface area contributed by atoms with E-state index in [1.54, 1.807) is 47.3 Å². The van der Waals surface area contributed by atoms with Gasteiger partial charge in [0, 0.05) is 48.9 Å². The van der Waals surface area contributed by atoms with Crippen LogP contribution in [0.3, 0.4) is 0 Å². The maximum Gasteiger partial charge on any atom is 0.260 e. The van der Waals surface area contributed by atoms with Gasteiger partial charge in [0.2, 0.25) is 5.95 Å². The summed E-state index contributed by atoms with van der Waals surface area (Å²) in [5.41, 5.74) is 3.53. The number of aromatic nitrogens is 4. The van der Waals surface area contributed by atoms with Crippen LogP contribution in [0.1, 0.15) is 11.8 Å². The summed E-state index contributed by atoms with van der Waals surface area (Å²) in [6.07, 6.45) is 5.40. The van der Waals surface area contributed by atoms with Gasteiger partial charge in [-0.25, -0.2) is 9.97 Å². The molecule has 3 heterocycles. The van der Waals surface area contributed by atoms with Crippen LogP contribution in [0, 0.1) is 6.92 Å². The first-order chi connectivity index (χ1) is 15.9.